The van der Waals surface area contributed by atoms with Crippen LogP contribution < -0.4 is 10.6 Å². The average molecular weight is 450 g/mol. The zero-order valence-electron chi connectivity index (χ0n) is 15.7. The van der Waals surface area contributed by atoms with E-state index in [1.165, 1.54) is 38.5 Å². The lowest BCUT2D eigenvalue weighted by molar-refractivity contribution is -0.127. The largest absolute Gasteiger partial charge is 0.356 e. The fourth-order valence-electron chi connectivity index (χ4n) is 3.86. The molecule has 140 valence electrons. The lowest BCUT2D eigenvalue weighted by Gasteiger charge is -2.26. The van der Waals surface area contributed by atoms with Gasteiger partial charge in [-0.25, -0.2) is 4.99 Å². The van der Waals surface area contributed by atoms with Crippen molar-refractivity contribution in [1.82, 2.24) is 15.5 Å². The van der Waals surface area contributed by atoms with Crippen LogP contribution in [0, 0.1) is 17.8 Å². The SMILES string of the molecule is CCC(CC)CNC(=NCC(=O)N(C)C)NC1CC2CCC1C2.I. The normalized spacial score (nSPS) is 25.5. The van der Waals surface area contributed by atoms with Crippen LogP contribution >= 0.6 is 24.0 Å². The highest BCUT2D eigenvalue weighted by molar-refractivity contribution is 14.0. The summed E-state index contributed by atoms with van der Waals surface area (Å²) >= 11 is 0. The molecule has 2 N–H and O–H groups in total. The molecule has 0 saturated heterocycles. The minimum atomic E-state index is 0. The summed E-state index contributed by atoms with van der Waals surface area (Å²) in [7, 11) is 3.55. The predicted octanol–water partition coefficient (Wildman–Crippen LogP) is 2.85. The lowest BCUT2D eigenvalue weighted by Crippen LogP contribution is -2.47. The van der Waals surface area contributed by atoms with E-state index in [-0.39, 0.29) is 36.4 Å². The van der Waals surface area contributed by atoms with Gasteiger partial charge in [0.25, 0.3) is 0 Å². The predicted molar refractivity (Wildman–Crippen MR) is 111 cm³/mol. The zero-order valence-corrected chi connectivity index (χ0v) is 18.0. The first-order valence-corrected chi connectivity index (χ1v) is 9.28. The molecule has 2 fully saturated rings. The van der Waals surface area contributed by atoms with Crippen LogP contribution in [0.1, 0.15) is 52.4 Å². The van der Waals surface area contributed by atoms with Crippen LogP contribution in [0.25, 0.3) is 0 Å². The number of likely N-dealkylation sites (N-methyl/N-ethyl adjacent to an activating group) is 1. The van der Waals surface area contributed by atoms with Gasteiger partial charge in [0.05, 0.1) is 0 Å². The topological polar surface area (TPSA) is 56.7 Å². The number of carbonyl (C=O) groups excluding carboxylic acids is 1. The molecule has 2 saturated carbocycles. The molecule has 2 aliphatic rings. The van der Waals surface area contributed by atoms with Crippen molar-refractivity contribution in [3.05, 3.63) is 0 Å². The second-order valence-electron chi connectivity index (χ2n) is 7.44. The summed E-state index contributed by atoms with van der Waals surface area (Å²) in [6.07, 6.45) is 7.71. The van der Waals surface area contributed by atoms with Crippen LogP contribution in [-0.4, -0.2) is 50.0 Å². The summed E-state index contributed by atoms with van der Waals surface area (Å²) in [6, 6.07) is 0.538. The van der Waals surface area contributed by atoms with Crippen molar-refractivity contribution in [1.29, 1.82) is 0 Å². The Morgan fingerprint density at radius 2 is 1.92 bits per heavy atom. The molecule has 3 atom stereocenters. The molecule has 3 unspecified atom stereocenters. The second kappa shape index (κ2) is 10.5. The van der Waals surface area contributed by atoms with E-state index in [1.807, 2.05) is 0 Å². The summed E-state index contributed by atoms with van der Waals surface area (Å²) in [6.45, 7) is 5.60. The summed E-state index contributed by atoms with van der Waals surface area (Å²) in [5.74, 6) is 3.23. The quantitative estimate of drug-likeness (QED) is 0.356. The Morgan fingerprint density at radius 1 is 1.21 bits per heavy atom. The number of carbonyl (C=O) groups is 1. The summed E-state index contributed by atoms with van der Waals surface area (Å²) < 4.78 is 0. The lowest BCUT2D eigenvalue weighted by atomic mass is 9.95. The number of rotatable bonds is 7. The third-order valence-electron chi connectivity index (χ3n) is 5.64. The first-order valence-electron chi connectivity index (χ1n) is 9.28. The van der Waals surface area contributed by atoms with Crippen molar-refractivity contribution >= 4 is 35.8 Å². The number of nitrogens with zero attached hydrogens (tertiary/aromatic N) is 2. The molecule has 0 aliphatic heterocycles. The Labute approximate surface area is 164 Å². The number of amides is 1. The Balaban J connectivity index is 0.00000288. The highest BCUT2D eigenvalue weighted by Gasteiger charge is 2.39. The molecule has 1 amide bonds. The molecule has 0 spiro atoms. The minimum absolute atomic E-state index is 0. The Kier molecular flexibility index (Phi) is 9.37. The zero-order chi connectivity index (χ0) is 16.8. The molecule has 24 heavy (non-hydrogen) atoms. The fraction of sp³-hybridized carbons (Fsp3) is 0.889. The first-order chi connectivity index (χ1) is 11.0. The van der Waals surface area contributed by atoms with Crippen molar-refractivity contribution < 1.29 is 4.79 Å². The van der Waals surface area contributed by atoms with Crippen molar-refractivity contribution in [3.63, 3.8) is 0 Å². The van der Waals surface area contributed by atoms with Gasteiger partial charge < -0.3 is 15.5 Å². The van der Waals surface area contributed by atoms with Crippen LogP contribution in [0.2, 0.25) is 0 Å². The molecule has 0 heterocycles. The van der Waals surface area contributed by atoms with Gasteiger partial charge in [-0.1, -0.05) is 33.1 Å². The maximum Gasteiger partial charge on any atom is 0.243 e. The third-order valence-corrected chi connectivity index (χ3v) is 5.64. The maximum atomic E-state index is 11.8. The van der Waals surface area contributed by atoms with E-state index < -0.39 is 0 Å². The molecule has 0 radical (unpaired) electrons. The molecule has 0 aromatic heterocycles. The van der Waals surface area contributed by atoms with E-state index in [4.69, 9.17) is 0 Å². The molecule has 5 nitrogen and oxygen atoms in total. The van der Waals surface area contributed by atoms with Gasteiger partial charge in [0.1, 0.15) is 6.54 Å². The third kappa shape index (κ3) is 6.08. The second-order valence-corrected chi connectivity index (χ2v) is 7.44. The van der Waals surface area contributed by atoms with Gasteiger partial charge in [-0.15, -0.1) is 24.0 Å². The van der Waals surface area contributed by atoms with E-state index in [0.29, 0.717) is 12.0 Å². The highest BCUT2D eigenvalue weighted by atomic mass is 127. The van der Waals surface area contributed by atoms with E-state index in [2.05, 4.69) is 29.5 Å². The number of aliphatic imine (C=N–C) groups is 1. The van der Waals surface area contributed by atoms with Gasteiger partial charge in [0, 0.05) is 26.7 Å². The van der Waals surface area contributed by atoms with Crippen molar-refractivity contribution in [2.75, 3.05) is 27.2 Å². The highest BCUT2D eigenvalue weighted by Crippen LogP contribution is 2.44. The monoisotopic (exact) mass is 450 g/mol. The van der Waals surface area contributed by atoms with Crippen molar-refractivity contribution in [2.45, 2.75) is 58.4 Å². The van der Waals surface area contributed by atoms with Gasteiger partial charge in [-0.05, 0) is 37.0 Å². The Morgan fingerprint density at radius 3 is 2.42 bits per heavy atom. The summed E-state index contributed by atoms with van der Waals surface area (Å²) in [4.78, 5) is 18.0. The average Bonchev–Trinajstić information content (AvgIpc) is 3.15. The molecular weight excluding hydrogens is 415 g/mol. The van der Waals surface area contributed by atoms with E-state index in [1.54, 1.807) is 19.0 Å². The first kappa shape index (κ1) is 21.5. The van der Waals surface area contributed by atoms with Gasteiger partial charge in [0.15, 0.2) is 5.96 Å². The van der Waals surface area contributed by atoms with E-state index in [0.717, 1.165) is 24.3 Å². The van der Waals surface area contributed by atoms with Crippen LogP contribution in [0.4, 0.5) is 0 Å². The molecule has 2 bridgehead atoms. The fourth-order valence-corrected chi connectivity index (χ4v) is 3.86. The van der Waals surface area contributed by atoms with Gasteiger partial charge in [-0.2, -0.15) is 0 Å². The molecule has 2 aliphatic carbocycles. The molecule has 6 heteroatoms. The van der Waals surface area contributed by atoms with Crippen LogP contribution in [0.5, 0.6) is 0 Å². The number of guanidine groups is 1. The number of nitrogens with one attached hydrogen (secondary N) is 2. The van der Waals surface area contributed by atoms with Gasteiger partial charge in [-0.3, -0.25) is 4.79 Å². The van der Waals surface area contributed by atoms with E-state index in [9.17, 15) is 4.79 Å². The molecule has 2 rings (SSSR count). The molecule has 0 aromatic rings. The molecular formula is C18H35IN4O. The van der Waals surface area contributed by atoms with Crippen LogP contribution in [-0.2, 0) is 4.79 Å². The summed E-state index contributed by atoms with van der Waals surface area (Å²) in [5, 5.41) is 7.08. The minimum Gasteiger partial charge on any atom is -0.356 e. The van der Waals surface area contributed by atoms with Crippen LogP contribution in [0.15, 0.2) is 4.99 Å². The summed E-state index contributed by atoms with van der Waals surface area (Å²) in [5.41, 5.74) is 0. The number of hydrogen-bond acceptors (Lipinski definition) is 2. The molecule has 0 aromatic carbocycles. The Bertz CT molecular complexity index is 423. The van der Waals surface area contributed by atoms with Gasteiger partial charge >= 0.3 is 0 Å². The number of halogens is 1. The van der Waals surface area contributed by atoms with Crippen LogP contribution in [0.3, 0.4) is 0 Å². The smallest absolute Gasteiger partial charge is 0.243 e. The van der Waals surface area contributed by atoms with Crippen molar-refractivity contribution in [2.24, 2.45) is 22.7 Å². The van der Waals surface area contributed by atoms with E-state index >= 15 is 0 Å². The maximum absolute atomic E-state index is 11.8. The standard InChI is InChI=1S/C18H34N4O.HI/c1-5-13(6-2)11-19-18(20-12-17(23)22(3)4)21-16-10-14-7-8-15(16)9-14;/h13-16H,5-12H2,1-4H3,(H2,19,20,21);1H. The number of fused-ring (bicyclic) bond motifs is 2. The Hall–Kier alpha value is -0.530. The van der Waals surface area contributed by atoms with Gasteiger partial charge in [0.2, 0.25) is 5.91 Å². The van der Waals surface area contributed by atoms with Crippen molar-refractivity contribution in [3.8, 4) is 0 Å². The number of hydrogen-bond donors (Lipinski definition) is 2.